The van der Waals surface area contributed by atoms with Gasteiger partial charge in [0.2, 0.25) is 5.09 Å². The van der Waals surface area contributed by atoms with E-state index in [-0.39, 0.29) is 11.6 Å². The molecule has 0 saturated heterocycles. The zero-order valence-electron chi connectivity index (χ0n) is 11.8. The Morgan fingerprint density at radius 2 is 2.24 bits per heavy atom. The molecule has 1 aliphatic rings. The maximum Gasteiger partial charge on any atom is 0.276 e. The van der Waals surface area contributed by atoms with Crippen molar-refractivity contribution >= 4 is 10.0 Å². The van der Waals surface area contributed by atoms with E-state index in [9.17, 15) is 8.42 Å². The maximum absolute atomic E-state index is 12.6. The van der Waals surface area contributed by atoms with Gasteiger partial charge in [-0.3, -0.25) is 0 Å². The lowest BCUT2D eigenvalue weighted by molar-refractivity contribution is 0.318. The van der Waals surface area contributed by atoms with Crippen molar-refractivity contribution in [1.29, 1.82) is 0 Å². The summed E-state index contributed by atoms with van der Waals surface area (Å²) in [5, 5.41) is 3.10. The summed E-state index contributed by atoms with van der Waals surface area (Å²) < 4.78 is 34.0. The molecule has 0 aliphatic carbocycles. The highest BCUT2D eigenvalue weighted by Gasteiger charge is 2.31. The van der Waals surface area contributed by atoms with Crippen molar-refractivity contribution in [2.24, 2.45) is 0 Å². The molecule has 0 unspecified atom stereocenters. The number of imidazole rings is 1. The van der Waals surface area contributed by atoms with E-state index in [1.54, 1.807) is 12.3 Å². The highest BCUT2D eigenvalue weighted by atomic mass is 32.2. The van der Waals surface area contributed by atoms with Gasteiger partial charge in [0, 0.05) is 25.5 Å². The predicted molar refractivity (Wildman–Crippen MR) is 75.9 cm³/mol. The molecule has 1 N–H and O–H groups in total. The fraction of sp³-hybridized carbons (Fsp3) is 0.462. The molecule has 0 aromatic carbocycles. The van der Waals surface area contributed by atoms with Gasteiger partial charge in [-0.05, 0) is 18.7 Å². The van der Waals surface area contributed by atoms with Crippen LogP contribution in [0.15, 0.2) is 34.0 Å². The molecule has 8 heteroatoms. The number of nitrogens with zero attached hydrogens (tertiary/aromatic N) is 3. The lowest BCUT2D eigenvalue weighted by atomic mass is 10.4. The first-order valence-electron chi connectivity index (χ1n) is 6.91. The molecule has 3 heterocycles. The van der Waals surface area contributed by atoms with Crippen LogP contribution in [-0.2, 0) is 29.7 Å². The molecule has 0 fully saturated rings. The van der Waals surface area contributed by atoms with Crippen LogP contribution in [0.4, 0.5) is 0 Å². The summed E-state index contributed by atoms with van der Waals surface area (Å²) in [7, 11) is -3.60. The van der Waals surface area contributed by atoms with Crippen LogP contribution < -0.4 is 5.32 Å². The Morgan fingerprint density at radius 1 is 1.38 bits per heavy atom. The highest BCUT2D eigenvalue weighted by Crippen LogP contribution is 2.22. The second kappa shape index (κ2) is 5.63. The number of hydrogen-bond donors (Lipinski definition) is 1. The van der Waals surface area contributed by atoms with Gasteiger partial charge in [-0.2, -0.15) is 4.31 Å². The maximum atomic E-state index is 12.6. The van der Waals surface area contributed by atoms with Crippen LogP contribution in [0.5, 0.6) is 0 Å². The second-order valence-electron chi connectivity index (χ2n) is 4.88. The Labute approximate surface area is 123 Å². The Morgan fingerprint density at radius 3 is 3.05 bits per heavy atom. The highest BCUT2D eigenvalue weighted by molar-refractivity contribution is 7.89. The third-order valence-electron chi connectivity index (χ3n) is 3.49. The van der Waals surface area contributed by atoms with Crippen molar-refractivity contribution < 1.29 is 12.8 Å². The van der Waals surface area contributed by atoms with Gasteiger partial charge in [0.25, 0.3) is 10.0 Å². The average Bonchev–Trinajstić information content (AvgIpc) is 3.13. The van der Waals surface area contributed by atoms with E-state index in [4.69, 9.17) is 4.42 Å². The number of furan rings is 1. The lowest BCUT2D eigenvalue weighted by Gasteiger charge is -2.25. The van der Waals surface area contributed by atoms with Crippen molar-refractivity contribution in [3.8, 4) is 0 Å². The summed E-state index contributed by atoms with van der Waals surface area (Å²) in [5.41, 5.74) is 0. The molecule has 0 spiro atoms. The summed E-state index contributed by atoms with van der Waals surface area (Å²) in [4.78, 5) is 4.18. The molecular formula is C13H18N4O3S. The molecule has 1 aliphatic heterocycles. The predicted octanol–water partition coefficient (Wildman–Crippen LogP) is 0.790. The number of fused-ring (bicyclic) bond motifs is 1. The van der Waals surface area contributed by atoms with Crippen molar-refractivity contribution in [2.75, 3.05) is 13.1 Å². The van der Waals surface area contributed by atoms with Gasteiger partial charge >= 0.3 is 0 Å². The standard InChI is InChI=1S/C13H18N4O3S/c1-2-14-9-11-3-4-13(20-11)21(18,19)17-8-7-16-6-5-15-12(16)10-17/h3-6,14H,2,7-10H2,1H3. The Kier molecular flexibility index (Phi) is 3.83. The van der Waals surface area contributed by atoms with Crippen LogP contribution in [-0.4, -0.2) is 35.4 Å². The summed E-state index contributed by atoms with van der Waals surface area (Å²) in [6, 6.07) is 3.21. The zero-order chi connectivity index (χ0) is 14.9. The Bertz CT molecular complexity index is 719. The molecule has 0 radical (unpaired) electrons. The number of aromatic nitrogens is 2. The fourth-order valence-corrected chi connectivity index (χ4v) is 3.64. The molecule has 0 amide bonds. The van der Waals surface area contributed by atoms with E-state index >= 15 is 0 Å². The first-order valence-corrected chi connectivity index (χ1v) is 8.35. The number of hydrogen-bond acceptors (Lipinski definition) is 5. The van der Waals surface area contributed by atoms with Crippen molar-refractivity contribution in [3.63, 3.8) is 0 Å². The summed E-state index contributed by atoms with van der Waals surface area (Å²) in [5.74, 6) is 1.37. The molecule has 0 atom stereocenters. The van der Waals surface area contributed by atoms with Crippen LogP contribution >= 0.6 is 0 Å². The summed E-state index contributed by atoms with van der Waals surface area (Å²) >= 11 is 0. The number of sulfonamides is 1. The van der Waals surface area contributed by atoms with Gasteiger partial charge in [0.05, 0.1) is 13.1 Å². The largest absolute Gasteiger partial charge is 0.447 e. The van der Waals surface area contributed by atoms with E-state index < -0.39 is 10.0 Å². The van der Waals surface area contributed by atoms with Crippen LogP contribution in [0, 0.1) is 0 Å². The first-order chi connectivity index (χ1) is 10.1. The smallest absolute Gasteiger partial charge is 0.276 e. The van der Waals surface area contributed by atoms with Crippen molar-refractivity contribution in [2.45, 2.75) is 31.7 Å². The van der Waals surface area contributed by atoms with E-state index in [1.807, 2.05) is 17.7 Å². The third-order valence-corrected chi connectivity index (χ3v) is 5.21. The summed E-state index contributed by atoms with van der Waals surface area (Å²) in [6.07, 6.45) is 3.55. The third kappa shape index (κ3) is 2.74. The van der Waals surface area contributed by atoms with Gasteiger partial charge in [-0.25, -0.2) is 13.4 Å². The number of nitrogens with one attached hydrogen (secondary N) is 1. The average molecular weight is 310 g/mol. The molecule has 3 rings (SSSR count). The van der Waals surface area contributed by atoms with E-state index in [1.165, 1.54) is 10.4 Å². The molecule has 2 aromatic heterocycles. The van der Waals surface area contributed by atoms with Crippen LogP contribution in [0.25, 0.3) is 0 Å². The van der Waals surface area contributed by atoms with Crippen molar-refractivity contribution in [1.82, 2.24) is 19.2 Å². The van der Waals surface area contributed by atoms with E-state index in [2.05, 4.69) is 10.3 Å². The molecule has 2 aromatic rings. The second-order valence-corrected chi connectivity index (χ2v) is 6.75. The van der Waals surface area contributed by atoms with E-state index in [0.717, 1.165) is 12.4 Å². The normalized spacial score (nSPS) is 16.0. The quantitative estimate of drug-likeness (QED) is 0.883. The number of rotatable bonds is 5. The Hall–Kier alpha value is -1.64. The van der Waals surface area contributed by atoms with E-state index in [0.29, 0.717) is 25.4 Å². The molecule has 0 saturated carbocycles. The van der Waals surface area contributed by atoms with Crippen LogP contribution in [0.3, 0.4) is 0 Å². The monoisotopic (exact) mass is 310 g/mol. The lowest BCUT2D eigenvalue weighted by Crippen LogP contribution is -2.38. The topological polar surface area (TPSA) is 80.4 Å². The fourth-order valence-electron chi connectivity index (χ4n) is 2.32. The summed E-state index contributed by atoms with van der Waals surface area (Å²) in [6.45, 7) is 4.62. The first kappa shape index (κ1) is 14.3. The van der Waals surface area contributed by atoms with Crippen LogP contribution in [0.1, 0.15) is 18.5 Å². The molecule has 0 bridgehead atoms. The minimum absolute atomic E-state index is 0.00425. The molecule has 21 heavy (non-hydrogen) atoms. The SMILES string of the molecule is CCNCc1ccc(S(=O)(=O)N2CCn3ccnc3C2)o1. The van der Waals surface area contributed by atoms with Gasteiger partial charge in [-0.1, -0.05) is 6.92 Å². The van der Waals surface area contributed by atoms with Crippen molar-refractivity contribution in [3.05, 3.63) is 36.1 Å². The molecule has 114 valence electrons. The molecular weight excluding hydrogens is 292 g/mol. The minimum Gasteiger partial charge on any atom is -0.447 e. The zero-order valence-corrected chi connectivity index (χ0v) is 12.6. The van der Waals surface area contributed by atoms with Gasteiger partial charge < -0.3 is 14.3 Å². The van der Waals surface area contributed by atoms with Gasteiger partial charge in [0.15, 0.2) is 0 Å². The molecule has 7 nitrogen and oxygen atoms in total. The van der Waals surface area contributed by atoms with Crippen LogP contribution in [0.2, 0.25) is 0 Å². The minimum atomic E-state index is -3.60. The van der Waals surface area contributed by atoms with Gasteiger partial charge in [0.1, 0.15) is 11.6 Å². The van der Waals surface area contributed by atoms with Gasteiger partial charge in [-0.15, -0.1) is 0 Å². The Balaban J connectivity index is 1.79.